The van der Waals surface area contributed by atoms with Gasteiger partial charge in [0, 0.05) is 11.8 Å². The number of amides is 1. The molecule has 1 amide bonds. The van der Waals surface area contributed by atoms with Crippen LogP contribution in [0.2, 0.25) is 0 Å². The molecule has 1 atom stereocenters. The van der Waals surface area contributed by atoms with Crippen molar-refractivity contribution in [2.75, 3.05) is 12.4 Å². The standard InChI is InChI=1S/C18H21N3O4S/c1-10(2)14-9-15(22)21-18(20-14)26-11(3)16(23)19-13-7-5-6-12(8-13)17(24)25-4/h5-11H,1-4H3,(H,19,23)(H,20,21,22). The Kier molecular flexibility index (Phi) is 6.57. The van der Waals surface area contributed by atoms with E-state index in [4.69, 9.17) is 0 Å². The van der Waals surface area contributed by atoms with Crippen molar-refractivity contribution < 1.29 is 14.3 Å². The molecule has 0 aliphatic rings. The minimum atomic E-state index is -0.498. The van der Waals surface area contributed by atoms with Crippen LogP contribution in [0.25, 0.3) is 0 Å². The number of anilines is 1. The summed E-state index contributed by atoms with van der Waals surface area (Å²) in [6, 6.07) is 7.94. The van der Waals surface area contributed by atoms with E-state index in [1.807, 2.05) is 13.8 Å². The van der Waals surface area contributed by atoms with Gasteiger partial charge in [0.25, 0.3) is 5.56 Å². The summed E-state index contributed by atoms with van der Waals surface area (Å²) in [5.41, 5.74) is 1.27. The first-order chi connectivity index (χ1) is 12.3. The number of thioether (sulfide) groups is 1. The largest absolute Gasteiger partial charge is 0.465 e. The van der Waals surface area contributed by atoms with E-state index in [1.165, 1.54) is 13.2 Å². The number of aromatic nitrogens is 2. The average molecular weight is 375 g/mol. The number of ether oxygens (including phenoxy) is 1. The summed E-state index contributed by atoms with van der Waals surface area (Å²) in [5, 5.41) is 2.64. The lowest BCUT2D eigenvalue weighted by atomic mass is 10.1. The molecule has 2 aromatic rings. The van der Waals surface area contributed by atoms with Gasteiger partial charge in [0.15, 0.2) is 5.16 Å². The maximum Gasteiger partial charge on any atom is 0.337 e. The molecule has 2 rings (SSSR count). The summed E-state index contributed by atoms with van der Waals surface area (Å²) in [5.74, 6) is -0.632. The fraction of sp³-hybridized carbons (Fsp3) is 0.333. The van der Waals surface area contributed by atoms with Gasteiger partial charge in [-0.3, -0.25) is 9.59 Å². The molecule has 1 heterocycles. The molecule has 0 bridgehead atoms. The smallest absolute Gasteiger partial charge is 0.337 e. The molecule has 0 saturated carbocycles. The number of esters is 1. The summed E-state index contributed by atoms with van der Waals surface area (Å²) in [4.78, 5) is 42.7. The highest BCUT2D eigenvalue weighted by Gasteiger charge is 2.17. The molecule has 0 aliphatic carbocycles. The van der Waals surface area contributed by atoms with E-state index in [0.717, 1.165) is 11.8 Å². The number of nitrogens with one attached hydrogen (secondary N) is 2. The van der Waals surface area contributed by atoms with Crippen LogP contribution in [-0.2, 0) is 9.53 Å². The Morgan fingerprint density at radius 3 is 2.62 bits per heavy atom. The van der Waals surface area contributed by atoms with Crippen molar-refractivity contribution in [3.63, 3.8) is 0 Å². The van der Waals surface area contributed by atoms with Crippen molar-refractivity contribution >= 4 is 29.3 Å². The van der Waals surface area contributed by atoms with Gasteiger partial charge >= 0.3 is 5.97 Å². The minimum absolute atomic E-state index is 0.113. The monoisotopic (exact) mass is 375 g/mol. The summed E-state index contributed by atoms with van der Waals surface area (Å²) in [6.07, 6.45) is 0. The topological polar surface area (TPSA) is 101 Å². The van der Waals surface area contributed by atoms with Gasteiger partial charge in [0.2, 0.25) is 5.91 Å². The van der Waals surface area contributed by atoms with Crippen LogP contribution in [0.3, 0.4) is 0 Å². The highest BCUT2D eigenvalue weighted by Crippen LogP contribution is 2.22. The lowest BCUT2D eigenvalue weighted by Gasteiger charge is -2.13. The zero-order valence-electron chi connectivity index (χ0n) is 15.0. The molecule has 1 aromatic heterocycles. The minimum Gasteiger partial charge on any atom is -0.465 e. The van der Waals surface area contributed by atoms with E-state index >= 15 is 0 Å². The Morgan fingerprint density at radius 1 is 1.23 bits per heavy atom. The van der Waals surface area contributed by atoms with Crippen LogP contribution in [0.15, 0.2) is 40.3 Å². The quantitative estimate of drug-likeness (QED) is 0.457. The number of rotatable bonds is 6. The maximum atomic E-state index is 12.4. The van der Waals surface area contributed by atoms with E-state index in [-0.39, 0.29) is 17.4 Å². The number of hydrogen-bond donors (Lipinski definition) is 2. The van der Waals surface area contributed by atoms with Crippen LogP contribution in [0, 0.1) is 0 Å². The average Bonchev–Trinajstić information content (AvgIpc) is 2.60. The first-order valence-corrected chi connectivity index (χ1v) is 8.95. The summed E-state index contributed by atoms with van der Waals surface area (Å²) < 4.78 is 4.67. The van der Waals surface area contributed by atoms with Gasteiger partial charge < -0.3 is 15.0 Å². The van der Waals surface area contributed by atoms with Gasteiger partial charge in [-0.1, -0.05) is 31.7 Å². The van der Waals surface area contributed by atoms with Crippen LogP contribution in [0.1, 0.15) is 42.7 Å². The van der Waals surface area contributed by atoms with Crippen molar-refractivity contribution in [3.8, 4) is 0 Å². The van der Waals surface area contributed by atoms with Gasteiger partial charge in [-0.05, 0) is 31.0 Å². The number of carbonyl (C=O) groups excluding carboxylic acids is 2. The van der Waals surface area contributed by atoms with Crippen molar-refractivity contribution in [3.05, 3.63) is 51.9 Å². The number of methoxy groups -OCH3 is 1. The van der Waals surface area contributed by atoms with Crippen LogP contribution in [0.5, 0.6) is 0 Å². The molecule has 1 aromatic carbocycles. The Bertz CT molecular complexity index is 864. The molecule has 0 spiro atoms. The SMILES string of the molecule is COC(=O)c1cccc(NC(=O)C(C)Sc2nc(C(C)C)cc(=O)[nH]2)c1. The summed E-state index contributed by atoms with van der Waals surface area (Å²) in [6.45, 7) is 5.60. The third-order valence-electron chi connectivity index (χ3n) is 3.54. The first kappa shape index (κ1) is 19.7. The second kappa shape index (κ2) is 8.66. The Morgan fingerprint density at radius 2 is 1.96 bits per heavy atom. The van der Waals surface area contributed by atoms with Gasteiger partial charge in [0.05, 0.1) is 23.6 Å². The number of H-pyrrole nitrogens is 1. The third-order valence-corrected chi connectivity index (χ3v) is 4.52. The van der Waals surface area contributed by atoms with E-state index in [0.29, 0.717) is 22.1 Å². The van der Waals surface area contributed by atoms with Crippen LogP contribution in [-0.4, -0.2) is 34.2 Å². The van der Waals surface area contributed by atoms with E-state index in [9.17, 15) is 14.4 Å². The molecule has 1 unspecified atom stereocenters. The number of carbonyl (C=O) groups is 2. The van der Waals surface area contributed by atoms with Gasteiger partial charge in [-0.15, -0.1) is 0 Å². The zero-order valence-corrected chi connectivity index (χ0v) is 15.8. The second-order valence-corrected chi connectivity index (χ2v) is 7.28. The molecule has 138 valence electrons. The lowest BCUT2D eigenvalue weighted by molar-refractivity contribution is -0.115. The van der Waals surface area contributed by atoms with E-state index in [2.05, 4.69) is 20.0 Å². The molecule has 0 aliphatic heterocycles. The predicted molar refractivity (Wildman–Crippen MR) is 101 cm³/mol. The molecule has 2 N–H and O–H groups in total. The molecule has 26 heavy (non-hydrogen) atoms. The van der Waals surface area contributed by atoms with Gasteiger partial charge in [-0.25, -0.2) is 9.78 Å². The third kappa shape index (κ3) is 5.19. The maximum absolute atomic E-state index is 12.4. The van der Waals surface area contributed by atoms with Crippen LogP contribution in [0.4, 0.5) is 5.69 Å². The predicted octanol–water partition coefficient (Wildman–Crippen LogP) is 2.80. The Labute approximate surface area is 155 Å². The molecule has 0 fully saturated rings. The second-order valence-electron chi connectivity index (χ2n) is 5.95. The lowest BCUT2D eigenvalue weighted by Crippen LogP contribution is -2.23. The van der Waals surface area contributed by atoms with Gasteiger partial charge in [-0.2, -0.15) is 0 Å². The first-order valence-electron chi connectivity index (χ1n) is 8.07. The number of hydrogen-bond acceptors (Lipinski definition) is 6. The highest BCUT2D eigenvalue weighted by atomic mass is 32.2. The van der Waals surface area contributed by atoms with Crippen molar-refractivity contribution in [1.29, 1.82) is 0 Å². The summed E-state index contributed by atoms with van der Waals surface area (Å²) in [7, 11) is 1.30. The molecule has 7 nitrogen and oxygen atoms in total. The molecule has 8 heteroatoms. The highest BCUT2D eigenvalue weighted by molar-refractivity contribution is 8.00. The Hall–Kier alpha value is -2.61. The fourth-order valence-electron chi connectivity index (χ4n) is 2.11. The normalized spacial score (nSPS) is 11.9. The van der Waals surface area contributed by atoms with E-state index < -0.39 is 11.2 Å². The Balaban J connectivity index is 2.09. The van der Waals surface area contributed by atoms with E-state index in [1.54, 1.807) is 31.2 Å². The van der Waals surface area contributed by atoms with Crippen molar-refractivity contribution in [2.24, 2.45) is 0 Å². The van der Waals surface area contributed by atoms with Crippen LogP contribution >= 0.6 is 11.8 Å². The zero-order chi connectivity index (χ0) is 19.3. The fourth-order valence-corrected chi connectivity index (χ4v) is 2.93. The van der Waals surface area contributed by atoms with Gasteiger partial charge in [0.1, 0.15) is 0 Å². The molecule has 0 saturated heterocycles. The number of nitrogens with zero attached hydrogens (tertiary/aromatic N) is 1. The van der Waals surface area contributed by atoms with Crippen molar-refractivity contribution in [2.45, 2.75) is 37.1 Å². The number of benzene rings is 1. The number of aromatic amines is 1. The van der Waals surface area contributed by atoms with Crippen molar-refractivity contribution in [1.82, 2.24) is 9.97 Å². The summed E-state index contributed by atoms with van der Waals surface area (Å²) >= 11 is 1.16. The van der Waals surface area contributed by atoms with Crippen LogP contribution < -0.4 is 10.9 Å². The molecular weight excluding hydrogens is 354 g/mol. The molecular formula is C18H21N3O4S. The molecule has 0 radical (unpaired) electrons.